The van der Waals surface area contributed by atoms with Gasteiger partial charge in [-0.1, -0.05) is 43.5 Å². The maximum absolute atomic E-state index is 12.2. The first-order valence-corrected chi connectivity index (χ1v) is 6.80. The average molecular weight is 251 g/mol. The molecule has 1 aromatic rings. The van der Waals surface area contributed by atoms with Crippen molar-refractivity contribution in [2.24, 2.45) is 11.8 Å². The normalized spacial score (nSPS) is 24.6. The third kappa shape index (κ3) is 3.57. The van der Waals surface area contributed by atoms with Crippen LogP contribution in [0.2, 0.25) is 5.02 Å². The van der Waals surface area contributed by atoms with Gasteiger partial charge in [-0.2, -0.15) is 0 Å². The van der Waals surface area contributed by atoms with Crippen molar-refractivity contribution in [1.29, 1.82) is 0 Å². The minimum absolute atomic E-state index is 0.287. The molecule has 2 atom stereocenters. The van der Waals surface area contributed by atoms with Crippen LogP contribution in [0.1, 0.15) is 38.2 Å². The minimum Gasteiger partial charge on any atom is -0.299 e. The van der Waals surface area contributed by atoms with Gasteiger partial charge in [0.25, 0.3) is 0 Å². The lowest BCUT2D eigenvalue weighted by atomic mass is 9.79. The highest BCUT2D eigenvalue weighted by molar-refractivity contribution is 6.30. The Hall–Kier alpha value is -0.820. The zero-order valence-electron chi connectivity index (χ0n) is 10.3. The van der Waals surface area contributed by atoms with Crippen LogP contribution in [0.25, 0.3) is 0 Å². The van der Waals surface area contributed by atoms with Gasteiger partial charge in [-0.05, 0) is 36.5 Å². The van der Waals surface area contributed by atoms with E-state index >= 15 is 0 Å². The average Bonchev–Trinajstić information content (AvgIpc) is 2.32. The summed E-state index contributed by atoms with van der Waals surface area (Å²) in [5.41, 5.74) is 1.08. The highest BCUT2D eigenvalue weighted by Crippen LogP contribution is 2.29. The molecule has 0 amide bonds. The van der Waals surface area contributed by atoms with Gasteiger partial charge in [0, 0.05) is 17.4 Å². The van der Waals surface area contributed by atoms with Crippen LogP contribution in [0.3, 0.4) is 0 Å². The fourth-order valence-corrected chi connectivity index (χ4v) is 2.80. The van der Waals surface area contributed by atoms with Crippen LogP contribution >= 0.6 is 11.6 Å². The van der Waals surface area contributed by atoms with Crippen LogP contribution < -0.4 is 0 Å². The van der Waals surface area contributed by atoms with E-state index in [-0.39, 0.29) is 5.92 Å². The number of carbonyl (C=O) groups excluding carboxylic acids is 1. The summed E-state index contributed by atoms with van der Waals surface area (Å²) in [6.07, 6.45) is 5.21. The Morgan fingerprint density at radius 1 is 1.29 bits per heavy atom. The molecular formula is C15H19ClO. The Morgan fingerprint density at radius 2 is 2.00 bits per heavy atom. The molecule has 0 radical (unpaired) electrons. The topological polar surface area (TPSA) is 17.1 Å². The number of benzene rings is 1. The molecule has 0 N–H and O–H groups in total. The second-order valence-electron chi connectivity index (χ2n) is 5.24. The lowest BCUT2D eigenvalue weighted by Gasteiger charge is -2.25. The molecule has 1 aliphatic carbocycles. The van der Waals surface area contributed by atoms with E-state index in [0.29, 0.717) is 18.1 Å². The first kappa shape index (κ1) is 12.6. The SMILES string of the molecule is CC1CCCC(C(=O)Cc2ccc(Cl)cc2)C1. The third-order valence-electron chi connectivity index (χ3n) is 3.68. The lowest BCUT2D eigenvalue weighted by molar-refractivity contribution is -0.123. The number of hydrogen-bond acceptors (Lipinski definition) is 1. The van der Waals surface area contributed by atoms with Crippen molar-refractivity contribution in [3.05, 3.63) is 34.9 Å². The van der Waals surface area contributed by atoms with Gasteiger partial charge in [-0.15, -0.1) is 0 Å². The fourth-order valence-electron chi connectivity index (χ4n) is 2.67. The number of ketones is 1. The molecule has 1 saturated carbocycles. The van der Waals surface area contributed by atoms with Crippen molar-refractivity contribution in [2.75, 3.05) is 0 Å². The number of Topliss-reactive ketones (excluding diaryl/α,β-unsaturated/α-hetero) is 1. The van der Waals surface area contributed by atoms with Gasteiger partial charge < -0.3 is 0 Å². The highest BCUT2D eigenvalue weighted by Gasteiger charge is 2.24. The van der Waals surface area contributed by atoms with E-state index in [0.717, 1.165) is 23.4 Å². The maximum Gasteiger partial charge on any atom is 0.140 e. The molecule has 0 aliphatic heterocycles. The van der Waals surface area contributed by atoms with Gasteiger partial charge in [-0.3, -0.25) is 4.79 Å². The summed E-state index contributed by atoms with van der Waals surface area (Å²) in [5, 5.41) is 0.729. The van der Waals surface area contributed by atoms with Gasteiger partial charge in [0.05, 0.1) is 0 Å². The summed E-state index contributed by atoms with van der Waals surface area (Å²) < 4.78 is 0. The van der Waals surface area contributed by atoms with Gasteiger partial charge in [0.1, 0.15) is 5.78 Å². The third-order valence-corrected chi connectivity index (χ3v) is 3.94. The molecule has 1 aliphatic rings. The summed E-state index contributed by atoms with van der Waals surface area (Å²) in [6.45, 7) is 2.25. The standard InChI is InChI=1S/C15H19ClO/c1-11-3-2-4-13(9-11)15(17)10-12-5-7-14(16)8-6-12/h5-8,11,13H,2-4,9-10H2,1H3. The largest absolute Gasteiger partial charge is 0.299 e. The molecule has 1 aromatic carbocycles. The molecule has 0 aromatic heterocycles. The second kappa shape index (κ2) is 5.68. The summed E-state index contributed by atoms with van der Waals surface area (Å²) in [6, 6.07) is 7.61. The molecule has 0 saturated heterocycles. The Balaban J connectivity index is 1.94. The molecule has 0 bridgehead atoms. The zero-order chi connectivity index (χ0) is 12.3. The van der Waals surface area contributed by atoms with E-state index in [9.17, 15) is 4.79 Å². The van der Waals surface area contributed by atoms with Crippen LogP contribution in [-0.2, 0) is 11.2 Å². The van der Waals surface area contributed by atoms with E-state index in [1.807, 2.05) is 24.3 Å². The van der Waals surface area contributed by atoms with Crippen LogP contribution in [0, 0.1) is 11.8 Å². The van der Waals surface area contributed by atoms with Crippen LogP contribution in [-0.4, -0.2) is 5.78 Å². The first-order valence-electron chi connectivity index (χ1n) is 6.42. The van der Waals surface area contributed by atoms with Crippen molar-refractivity contribution in [3.63, 3.8) is 0 Å². The zero-order valence-corrected chi connectivity index (χ0v) is 11.0. The molecule has 0 spiro atoms. The Labute approximate surface area is 108 Å². The monoisotopic (exact) mass is 250 g/mol. The molecule has 1 fully saturated rings. The number of halogens is 1. The quantitative estimate of drug-likeness (QED) is 0.783. The molecule has 0 heterocycles. The summed E-state index contributed by atoms with van der Waals surface area (Å²) >= 11 is 5.83. The Morgan fingerprint density at radius 3 is 2.65 bits per heavy atom. The van der Waals surface area contributed by atoms with Gasteiger partial charge in [0.2, 0.25) is 0 Å². The van der Waals surface area contributed by atoms with E-state index in [2.05, 4.69) is 6.92 Å². The van der Waals surface area contributed by atoms with E-state index in [4.69, 9.17) is 11.6 Å². The molecular weight excluding hydrogens is 232 g/mol. The minimum atomic E-state index is 0.287. The van der Waals surface area contributed by atoms with Crippen molar-refractivity contribution < 1.29 is 4.79 Å². The number of hydrogen-bond donors (Lipinski definition) is 0. The maximum atomic E-state index is 12.2. The van der Waals surface area contributed by atoms with Crippen molar-refractivity contribution >= 4 is 17.4 Å². The van der Waals surface area contributed by atoms with E-state index < -0.39 is 0 Å². The van der Waals surface area contributed by atoms with Crippen molar-refractivity contribution in [3.8, 4) is 0 Å². The van der Waals surface area contributed by atoms with E-state index in [1.165, 1.54) is 12.8 Å². The van der Waals surface area contributed by atoms with Crippen LogP contribution in [0.4, 0.5) is 0 Å². The molecule has 1 nitrogen and oxygen atoms in total. The Bertz CT molecular complexity index is 382. The van der Waals surface area contributed by atoms with Gasteiger partial charge in [0.15, 0.2) is 0 Å². The smallest absolute Gasteiger partial charge is 0.140 e. The summed E-state index contributed by atoms with van der Waals surface area (Å²) in [5.74, 6) is 1.40. The molecule has 17 heavy (non-hydrogen) atoms. The predicted octanol–water partition coefficient (Wildman–Crippen LogP) is 4.28. The highest BCUT2D eigenvalue weighted by atomic mass is 35.5. The van der Waals surface area contributed by atoms with Crippen LogP contribution in [0.15, 0.2) is 24.3 Å². The van der Waals surface area contributed by atoms with Crippen molar-refractivity contribution in [2.45, 2.75) is 39.0 Å². The number of carbonyl (C=O) groups is 1. The van der Waals surface area contributed by atoms with Crippen LogP contribution in [0.5, 0.6) is 0 Å². The van der Waals surface area contributed by atoms with Gasteiger partial charge in [-0.25, -0.2) is 0 Å². The summed E-state index contributed by atoms with van der Waals surface area (Å²) in [4.78, 5) is 12.2. The second-order valence-corrected chi connectivity index (χ2v) is 5.67. The fraction of sp³-hybridized carbons (Fsp3) is 0.533. The molecule has 92 valence electrons. The lowest BCUT2D eigenvalue weighted by Crippen LogP contribution is -2.23. The summed E-state index contributed by atoms with van der Waals surface area (Å²) in [7, 11) is 0. The first-order chi connectivity index (χ1) is 8.15. The van der Waals surface area contributed by atoms with Crippen molar-refractivity contribution in [1.82, 2.24) is 0 Å². The molecule has 2 unspecified atom stereocenters. The molecule has 2 rings (SSSR count). The molecule has 2 heteroatoms. The predicted molar refractivity (Wildman–Crippen MR) is 71.3 cm³/mol. The van der Waals surface area contributed by atoms with E-state index in [1.54, 1.807) is 0 Å². The van der Waals surface area contributed by atoms with Gasteiger partial charge >= 0.3 is 0 Å². The Kier molecular flexibility index (Phi) is 4.22. The number of rotatable bonds is 3.